The molecule has 7 nitrogen and oxygen atoms in total. The summed E-state index contributed by atoms with van der Waals surface area (Å²) in [7, 11) is -3.48. The van der Waals surface area contributed by atoms with Crippen LogP contribution in [0.2, 0.25) is 0 Å². The van der Waals surface area contributed by atoms with Crippen molar-refractivity contribution in [2.75, 3.05) is 23.7 Å². The quantitative estimate of drug-likeness (QED) is 0.586. The van der Waals surface area contributed by atoms with Gasteiger partial charge >= 0.3 is 0 Å². The van der Waals surface area contributed by atoms with Crippen LogP contribution in [0.3, 0.4) is 0 Å². The Hall–Kier alpha value is -3.01. The van der Waals surface area contributed by atoms with Crippen LogP contribution in [0.25, 0.3) is 0 Å². The molecule has 0 saturated carbocycles. The van der Waals surface area contributed by atoms with Gasteiger partial charge in [0.25, 0.3) is 11.8 Å². The van der Waals surface area contributed by atoms with Gasteiger partial charge in [0.1, 0.15) is 0 Å². The van der Waals surface area contributed by atoms with Crippen molar-refractivity contribution in [2.45, 2.75) is 17.7 Å². The molecule has 0 radical (unpaired) electrons. The molecule has 1 saturated heterocycles. The van der Waals surface area contributed by atoms with Crippen molar-refractivity contribution in [1.29, 1.82) is 0 Å². The van der Waals surface area contributed by atoms with E-state index in [0.717, 1.165) is 12.8 Å². The molecule has 1 fully saturated rings. The summed E-state index contributed by atoms with van der Waals surface area (Å²) in [6.07, 6.45) is 1.76. The van der Waals surface area contributed by atoms with Crippen LogP contribution in [-0.4, -0.2) is 37.6 Å². The average Bonchev–Trinajstić information content (AvgIpc) is 3.49. The number of anilines is 2. The van der Waals surface area contributed by atoms with Crippen LogP contribution in [0.15, 0.2) is 70.9 Å². The monoisotopic (exact) mass is 455 g/mol. The van der Waals surface area contributed by atoms with E-state index in [0.29, 0.717) is 34.9 Å². The van der Waals surface area contributed by atoms with Crippen LogP contribution in [-0.2, 0) is 10.0 Å². The number of thiophene rings is 1. The van der Waals surface area contributed by atoms with E-state index in [4.69, 9.17) is 0 Å². The topological polar surface area (TPSA) is 95.6 Å². The summed E-state index contributed by atoms with van der Waals surface area (Å²) in [6.45, 7) is 1.09. The van der Waals surface area contributed by atoms with Gasteiger partial charge in [0.05, 0.1) is 9.77 Å². The second kappa shape index (κ2) is 9.01. The number of benzene rings is 2. The standard InChI is InChI=1S/C22H21N3O4S2/c26-21(16-5-7-17(8-6-16)24-22(27)20-4-3-15-30-20)23-18-9-11-19(12-10-18)31(28,29)25-13-1-2-14-25/h3-12,15H,1-2,13-14H2,(H,23,26)(H,24,27). The molecule has 0 unspecified atom stereocenters. The predicted octanol–water partition coefficient (Wildman–Crippen LogP) is 4.04. The minimum Gasteiger partial charge on any atom is -0.322 e. The first-order chi connectivity index (χ1) is 14.9. The number of rotatable bonds is 6. The predicted molar refractivity (Wildman–Crippen MR) is 121 cm³/mol. The summed E-state index contributed by atoms with van der Waals surface area (Å²) in [6, 6.07) is 16.3. The smallest absolute Gasteiger partial charge is 0.265 e. The molecule has 2 N–H and O–H groups in total. The maximum Gasteiger partial charge on any atom is 0.265 e. The van der Waals surface area contributed by atoms with Crippen molar-refractivity contribution in [3.63, 3.8) is 0 Å². The summed E-state index contributed by atoms with van der Waals surface area (Å²) in [4.78, 5) is 25.4. The molecule has 3 aromatic rings. The molecule has 31 heavy (non-hydrogen) atoms. The summed E-state index contributed by atoms with van der Waals surface area (Å²) < 4.78 is 26.6. The lowest BCUT2D eigenvalue weighted by Crippen LogP contribution is -2.27. The highest BCUT2D eigenvalue weighted by Gasteiger charge is 2.26. The molecular formula is C22H21N3O4S2. The molecule has 0 spiro atoms. The third kappa shape index (κ3) is 4.84. The SMILES string of the molecule is O=C(Nc1ccc(S(=O)(=O)N2CCCC2)cc1)c1ccc(NC(=O)c2cccs2)cc1. The summed E-state index contributed by atoms with van der Waals surface area (Å²) in [5.41, 5.74) is 1.51. The fraction of sp³-hybridized carbons (Fsp3) is 0.182. The average molecular weight is 456 g/mol. The minimum atomic E-state index is -3.48. The van der Waals surface area contributed by atoms with Gasteiger partial charge in [0, 0.05) is 30.0 Å². The number of carbonyl (C=O) groups is 2. The molecule has 2 aromatic carbocycles. The van der Waals surface area contributed by atoms with Gasteiger partial charge in [-0.2, -0.15) is 4.31 Å². The largest absolute Gasteiger partial charge is 0.322 e. The highest BCUT2D eigenvalue weighted by molar-refractivity contribution is 7.89. The van der Waals surface area contributed by atoms with Gasteiger partial charge < -0.3 is 10.6 Å². The van der Waals surface area contributed by atoms with E-state index >= 15 is 0 Å². The number of nitrogens with zero attached hydrogens (tertiary/aromatic N) is 1. The summed E-state index contributed by atoms with van der Waals surface area (Å²) in [5, 5.41) is 7.37. The molecule has 160 valence electrons. The molecule has 1 aliphatic rings. The van der Waals surface area contributed by atoms with E-state index in [-0.39, 0.29) is 16.7 Å². The molecule has 0 bridgehead atoms. The third-order valence-corrected chi connectivity index (χ3v) is 7.75. The van der Waals surface area contributed by atoms with E-state index in [1.54, 1.807) is 48.5 Å². The number of hydrogen-bond donors (Lipinski definition) is 2. The molecule has 1 aliphatic heterocycles. The lowest BCUT2D eigenvalue weighted by Gasteiger charge is -2.15. The number of carbonyl (C=O) groups excluding carboxylic acids is 2. The van der Waals surface area contributed by atoms with Gasteiger partial charge in [0.2, 0.25) is 10.0 Å². The van der Waals surface area contributed by atoms with E-state index in [1.807, 2.05) is 5.38 Å². The Labute approximate surface area is 184 Å². The van der Waals surface area contributed by atoms with E-state index in [1.165, 1.54) is 27.8 Å². The third-order valence-electron chi connectivity index (χ3n) is 4.96. The molecule has 2 amide bonds. The molecule has 0 atom stereocenters. The first kappa shape index (κ1) is 21.2. The van der Waals surface area contributed by atoms with Crippen molar-refractivity contribution in [3.05, 3.63) is 76.5 Å². The Bertz CT molecular complexity index is 1170. The minimum absolute atomic E-state index is 0.198. The zero-order valence-corrected chi connectivity index (χ0v) is 18.2. The van der Waals surface area contributed by atoms with Crippen molar-refractivity contribution >= 4 is 44.5 Å². The lowest BCUT2D eigenvalue weighted by atomic mass is 10.2. The van der Waals surface area contributed by atoms with Crippen molar-refractivity contribution < 1.29 is 18.0 Å². The first-order valence-electron chi connectivity index (χ1n) is 9.80. The number of hydrogen-bond acceptors (Lipinski definition) is 5. The second-order valence-corrected chi connectivity index (χ2v) is 9.98. The van der Waals surface area contributed by atoms with Crippen LogP contribution in [0.1, 0.15) is 32.9 Å². The van der Waals surface area contributed by atoms with Crippen molar-refractivity contribution in [2.24, 2.45) is 0 Å². The van der Waals surface area contributed by atoms with E-state index in [9.17, 15) is 18.0 Å². The Morgan fingerprint density at radius 3 is 1.97 bits per heavy atom. The second-order valence-electron chi connectivity index (χ2n) is 7.10. The Morgan fingerprint density at radius 1 is 0.806 bits per heavy atom. The zero-order chi connectivity index (χ0) is 21.8. The van der Waals surface area contributed by atoms with Crippen LogP contribution < -0.4 is 10.6 Å². The number of amides is 2. The zero-order valence-electron chi connectivity index (χ0n) is 16.6. The molecule has 2 heterocycles. The van der Waals surface area contributed by atoms with Crippen molar-refractivity contribution in [3.8, 4) is 0 Å². The van der Waals surface area contributed by atoms with E-state index in [2.05, 4.69) is 10.6 Å². The maximum atomic E-state index is 12.6. The fourth-order valence-corrected chi connectivity index (χ4v) is 5.43. The van der Waals surface area contributed by atoms with Crippen LogP contribution in [0.5, 0.6) is 0 Å². The highest BCUT2D eigenvalue weighted by Crippen LogP contribution is 2.22. The van der Waals surface area contributed by atoms with Crippen LogP contribution in [0, 0.1) is 0 Å². The summed E-state index contributed by atoms with van der Waals surface area (Å²) >= 11 is 1.35. The molecule has 0 aliphatic carbocycles. The Morgan fingerprint density at radius 2 is 1.39 bits per heavy atom. The van der Waals surface area contributed by atoms with Crippen LogP contribution in [0.4, 0.5) is 11.4 Å². The Kier molecular flexibility index (Phi) is 6.17. The molecular weight excluding hydrogens is 434 g/mol. The van der Waals surface area contributed by atoms with Gasteiger partial charge in [0.15, 0.2) is 0 Å². The fourth-order valence-electron chi connectivity index (χ4n) is 3.30. The van der Waals surface area contributed by atoms with Gasteiger partial charge in [-0.1, -0.05) is 6.07 Å². The van der Waals surface area contributed by atoms with Gasteiger partial charge in [-0.25, -0.2) is 8.42 Å². The summed E-state index contributed by atoms with van der Waals surface area (Å²) in [5.74, 6) is -0.526. The Balaban J connectivity index is 1.38. The van der Waals surface area contributed by atoms with Gasteiger partial charge in [-0.15, -0.1) is 11.3 Å². The van der Waals surface area contributed by atoms with Gasteiger partial charge in [-0.05, 0) is 72.8 Å². The van der Waals surface area contributed by atoms with Gasteiger partial charge in [-0.3, -0.25) is 9.59 Å². The number of nitrogens with one attached hydrogen (secondary N) is 2. The molecule has 4 rings (SSSR count). The number of sulfonamides is 1. The normalized spacial score (nSPS) is 14.3. The van der Waals surface area contributed by atoms with Crippen molar-refractivity contribution in [1.82, 2.24) is 4.31 Å². The van der Waals surface area contributed by atoms with E-state index < -0.39 is 10.0 Å². The first-order valence-corrected chi connectivity index (χ1v) is 12.1. The lowest BCUT2D eigenvalue weighted by molar-refractivity contribution is 0.102. The molecule has 1 aromatic heterocycles. The van der Waals surface area contributed by atoms with Crippen LogP contribution >= 0.6 is 11.3 Å². The highest BCUT2D eigenvalue weighted by atomic mass is 32.2. The maximum absolute atomic E-state index is 12.6. The molecule has 9 heteroatoms.